The van der Waals surface area contributed by atoms with Gasteiger partial charge in [-0.1, -0.05) is 47.5 Å². The Morgan fingerprint density at radius 2 is 1.80 bits per heavy atom. The fourth-order valence-electron chi connectivity index (χ4n) is 4.12. The summed E-state index contributed by atoms with van der Waals surface area (Å²) in [6.45, 7) is 3.84. The molecule has 0 aromatic heterocycles. The number of rotatable bonds is 7. The summed E-state index contributed by atoms with van der Waals surface area (Å²) in [5.41, 5.74) is 5.03. The Bertz CT molecular complexity index is 971. The second kappa shape index (κ2) is 9.65. The zero-order valence-corrected chi connectivity index (χ0v) is 18.9. The minimum atomic E-state index is -0.200. The van der Waals surface area contributed by atoms with E-state index >= 15 is 0 Å². The van der Waals surface area contributed by atoms with Crippen molar-refractivity contribution < 1.29 is 9.13 Å². The van der Waals surface area contributed by atoms with Gasteiger partial charge in [-0.3, -0.25) is 0 Å². The van der Waals surface area contributed by atoms with E-state index in [0.29, 0.717) is 0 Å². The quantitative estimate of drug-likeness (QED) is 0.343. The summed E-state index contributed by atoms with van der Waals surface area (Å²) in [6, 6.07) is 22.1. The lowest BCUT2D eigenvalue weighted by molar-refractivity contribution is 0.309. The SMILES string of the molecule is CCCCOc1ccc2c(c1)CCN(c1ccc(F)cc1)C2Cc1ccc(Br)cc1. The molecule has 1 unspecified atom stereocenters. The van der Waals surface area contributed by atoms with Crippen molar-refractivity contribution >= 4 is 21.6 Å². The van der Waals surface area contributed by atoms with Crippen LogP contribution in [-0.4, -0.2) is 13.2 Å². The van der Waals surface area contributed by atoms with Gasteiger partial charge in [-0.2, -0.15) is 0 Å². The summed E-state index contributed by atoms with van der Waals surface area (Å²) in [7, 11) is 0. The van der Waals surface area contributed by atoms with Crippen LogP contribution in [0.15, 0.2) is 71.2 Å². The minimum absolute atomic E-state index is 0.199. The number of benzene rings is 3. The topological polar surface area (TPSA) is 12.5 Å². The number of halogens is 2. The predicted molar refractivity (Wildman–Crippen MR) is 125 cm³/mol. The second-order valence-electron chi connectivity index (χ2n) is 7.83. The molecule has 0 saturated heterocycles. The number of hydrogen-bond donors (Lipinski definition) is 0. The van der Waals surface area contributed by atoms with Crippen molar-refractivity contribution in [3.63, 3.8) is 0 Å². The highest BCUT2D eigenvalue weighted by Gasteiger charge is 2.28. The number of nitrogens with zero attached hydrogens (tertiary/aromatic N) is 1. The lowest BCUT2D eigenvalue weighted by atomic mass is 9.88. The van der Waals surface area contributed by atoms with Gasteiger partial charge in [0.1, 0.15) is 11.6 Å². The molecule has 1 heterocycles. The van der Waals surface area contributed by atoms with E-state index in [2.05, 4.69) is 70.2 Å². The van der Waals surface area contributed by atoms with E-state index in [-0.39, 0.29) is 11.9 Å². The zero-order chi connectivity index (χ0) is 20.9. The molecule has 156 valence electrons. The molecular formula is C26H27BrFNO. The predicted octanol–water partition coefficient (Wildman–Crippen LogP) is 7.11. The van der Waals surface area contributed by atoms with Crippen molar-refractivity contribution in [2.75, 3.05) is 18.1 Å². The van der Waals surface area contributed by atoms with Crippen LogP contribution in [0.4, 0.5) is 10.1 Å². The van der Waals surface area contributed by atoms with Crippen LogP contribution in [0, 0.1) is 5.82 Å². The molecule has 0 saturated carbocycles. The van der Waals surface area contributed by atoms with Crippen molar-refractivity contribution in [3.8, 4) is 5.75 Å². The van der Waals surface area contributed by atoms with Gasteiger partial charge in [-0.15, -0.1) is 0 Å². The van der Waals surface area contributed by atoms with Crippen LogP contribution in [0.2, 0.25) is 0 Å². The third-order valence-corrected chi connectivity index (χ3v) is 6.27. The molecule has 0 N–H and O–H groups in total. The zero-order valence-electron chi connectivity index (χ0n) is 17.3. The van der Waals surface area contributed by atoms with Crippen LogP contribution in [0.3, 0.4) is 0 Å². The standard InChI is InChI=1S/C26H27BrFNO/c1-2-3-16-30-24-12-13-25-20(18-24)14-15-29(23-10-8-22(28)9-11-23)26(25)17-19-4-6-21(27)7-5-19/h4-13,18,26H,2-3,14-17H2,1H3. The molecule has 0 bridgehead atoms. The number of hydrogen-bond acceptors (Lipinski definition) is 2. The van der Waals surface area contributed by atoms with Crippen LogP contribution in [0.25, 0.3) is 0 Å². The van der Waals surface area contributed by atoms with E-state index in [0.717, 1.165) is 54.7 Å². The largest absolute Gasteiger partial charge is 0.494 e. The molecule has 0 spiro atoms. The first-order chi connectivity index (χ1) is 14.6. The molecule has 2 nitrogen and oxygen atoms in total. The minimum Gasteiger partial charge on any atom is -0.494 e. The molecule has 4 rings (SSSR count). The maximum absolute atomic E-state index is 13.5. The summed E-state index contributed by atoms with van der Waals surface area (Å²) in [5.74, 6) is 0.759. The van der Waals surface area contributed by atoms with Gasteiger partial charge in [0.05, 0.1) is 12.6 Å². The van der Waals surface area contributed by atoms with Gasteiger partial charge in [0.2, 0.25) is 0 Å². The maximum atomic E-state index is 13.5. The summed E-state index contributed by atoms with van der Waals surface area (Å²) in [4.78, 5) is 2.40. The van der Waals surface area contributed by atoms with Gasteiger partial charge in [0, 0.05) is 16.7 Å². The molecule has 4 heteroatoms. The second-order valence-corrected chi connectivity index (χ2v) is 8.74. The fraction of sp³-hybridized carbons (Fsp3) is 0.308. The molecule has 3 aromatic carbocycles. The van der Waals surface area contributed by atoms with E-state index in [1.54, 1.807) is 12.1 Å². The van der Waals surface area contributed by atoms with Crippen LogP contribution in [0.5, 0.6) is 5.75 Å². The highest BCUT2D eigenvalue weighted by Crippen LogP contribution is 2.37. The van der Waals surface area contributed by atoms with E-state index in [9.17, 15) is 4.39 Å². The fourth-order valence-corrected chi connectivity index (χ4v) is 4.38. The van der Waals surface area contributed by atoms with Gasteiger partial charge < -0.3 is 9.64 Å². The van der Waals surface area contributed by atoms with E-state index < -0.39 is 0 Å². The highest BCUT2D eigenvalue weighted by molar-refractivity contribution is 9.10. The molecule has 30 heavy (non-hydrogen) atoms. The average molecular weight is 468 g/mol. The molecule has 0 fully saturated rings. The summed E-state index contributed by atoms with van der Waals surface area (Å²) >= 11 is 3.53. The normalized spacial score (nSPS) is 15.7. The average Bonchev–Trinajstić information content (AvgIpc) is 2.76. The summed E-state index contributed by atoms with van der Waals surface area (Å²) < 4.78 is 20.5. The van der Waals surface area contributed by atoms with E-state index in [1.165, 1.54) is 16.7 Å². The Morgan fingerprint density at radius 1 is 1.03 bits per heavy atom. The van der Waals surface area contributed by atoms with Gasteiger partial charge in [-0.05, 0) is 84.5 Å². The third kappa shape index (κ3) is 4.86. The molecular weight excluding hydrogens is 441 g/mol. The van der Waals surface area contributed by atoms with Crippen molar-refractivity contribution in [1.82, 2.24) is 0 Å². The summed E-state index contributed by atoms with van der Waals surface area (Å²) in [6.07, 6.45) is 4.05. The smallest absolute Gasteiger partial charge is 0.123 e. The molecule has 3 aromatic rings. The Labute approximate surface area is 186 Å². The van der Waals surface area contributed by atoms with Crippen molar-refractivity contribution in [1.29, 1.82) is 0 Å². The van der Waals surface area contributed by atoms with Gasteiger partial charge in [0.15, 0.2) is 0 Å². The Hall–Kier alpha value is -2.33. The number of unbranched alkanes of at least 4 members (excludes halogenated alkanes) is 1. The first kappa shape index (κ1) is 20.9. The van der Waals surface area contributed by atoms with E-state index in [1.807, 2.05) is 12.1 Å². The molecule has 1 aliphatic rings. The van der Waals surface area contributed by atoms with Gasteiger partial charge in [0.25, 0.3) is 0 Å². The molecule has 0 amide bonds. The van der Waals surface area contributed by atoms with Crippen LogP contribution >= 0.6 is 15.9 Å². The first-order valence-electron chi connectivity index (χ1n) is 10.7. The molecule has 0 radical (unpaired) electrons. The van der Waals surface area contributed by atoms with Crippen molar-refractivity contribution in [3.05, 3.63) is 93.7 Å². The monoisotopic (exact) mass is 467 g/mol. The maximum Gasteiger partial charge on any atom is 0.123 e. The van der Waals surface area contributed by atoms with Gasteiger partial charge >= 0.3 is 0 Å². The lowest BCUT2D eigenvalue weighted by Gasteiger charge is -2.39. The summed E-state index contributed by atoms with van der Waals surface area (Å²) in [5, 5.41) is 0. The van der Waals surface area contributed by atoms with Crippen molar-refractivity contribution in [2.45, 2.75) is 38.6 Å². The lowest BCUT2D eigenvalue weighted by Crippen LogP contribution is -2.36. The third-order valence-electron chi connectivity index (χ3n) is 5.74. The van der Waals surface area contributed by atoms with Crippen LogP contribution < -0.4 is 9.64 Å². The van der Waals surface area contributed by atoms with Crippen LogP contribution in [-0.2, 0) is 12.8 Å². The molecule has 1 atom stereocenters. The number of fused-ring (bicyclic) bond motifs is 1. The van der Waals surface area contributed by atoms with Gasteiger partial charge in [-0.25, -0.2) is 4.39 Å². The first-order valence-corrected chi connectivity index (χ1v) is 11.5. The number of anilines is 1. The Kier molecular flexibility index (Phi) is 6.73. The number of ether oxygens (including phenoxy) is 1. The highest BCUT2D eigenvalue weighted by atomic mass is 79.9. The van der Waals surface area contributed by atoms with E-state index in [4.69, 9.17) is 4.74 Å². The Balaban J connectivity index is 1.65. The molecule has 0 aliphatic carbocycles. The van der Waals surface area contributed by atoms with Crippen LogP contribution in [0.1, 0.15) is 42.5 Å². The van der Waals surface area contributed by atoms with Crippen molar-refractivity contribution in [2.24, 2.45) is 0 Å². The molecule has 1 aliphatic heterocycles. The Morgan fingerprint density at radius 3 is 2.53 bits per heavy atom.